The number of halogens is 1. The average Bonchev–Trinajstić information content (AvgIpc) is 3.55. The van der Waals surface area contributed by atoms with E-state index < -0.39 is 0 Å². The van der Waals surface area contributed by atoms with E-state index in [1.807, 2.05) is 66.4 Å². The number of carbonyl (C=O) groups excluding carboxylic acids is 2. The van der Waals surface area contributed by atoms with Gasteiger partial charge in [0.1, 0.15) is 5.82 Å². The Hall–Kier alpha value is -3.62. The highest BCUT2D eigenvalue weighted by Crippen LogP contribution is 2.26. The van der Waals surface area contributed by atoms with Crippen molar-refractivity contribution in [1.29, 1.82) is 0 Å². The number of imidazole rings is 1. The van der Waals surface area contributed by atoms with E-state index in [1.165, 1.54) is 11.3 Å². The molecule has 1 N–H and O–H groups in total. The number of nitrogens with zero attached hydrogens (tertiary/aromatic N) is 4. The number of thiophene rings is 1. The molecule has 1 aliphatic heterocycles. The Kier molecular flexibility index (Phi) is 7.06. The van der Waals surface area contributed by atoms with Crippen LogP contribution in [0.1, 0.15) is 31.5 Å². The molecule has 0 aliphatic carbocycles. The second-order valence-corrected chi connectivity index (χ2v) is 10.4. The van der Waals surface area contributed by atoms with Crippen LogP contribution >= 0.6 is 22.9 Å². The smallest absolute Gasteiger partial charge is 0.264 e. The van der Waals surface area contributed by atoms with Crippen LogP contribution in [0.3, 0.4) is 0 Å². The van der Waals surface area contributed by atoms with Gasteiger partial charge in [0.2, 0.25) is 0 Å². The molecular weight excluding hydrogens is 494 g/mol. The molecule has 7 nitrogen and oxygen atoms in total. The molecule has 2 amide bonds. The van der Waals surface area contributed by atoms with Crippen molar-refractivity contribution >= 4 is 46.1 Å². The van der Waals surface area contributed by atoms with Gasteiger partial charge in [-0.15, -0.1) is 11.3 Å². The van der Waals surface area contributed by atoms with Gasteiger partial charge in [0, 0.05) is 43.1 Å². The van der Waals surface area contributed by atoms with E-state index in [-0.39, 0.29) is 11.8 Å². The van der Waals surface area contributed by atoms with E-state index in [4.69, 9.17) is 11.6 Å². The number of nitrogens with one attached hydrogen (secondary N) is 1. The van der Waals surface area contributed by atoms with Crippen molar-refractivity contribution in [2.45, 2.75) is 13.5 Å². The molecule has 1 saturated heterocycles. The van der Waals surface area contributed by atoms with Crippen molar-refractivity contribution in [1.82, 2.24) is 14.9 Å². The number of aromatic nitrogens is 2. The first-order valence-corrected chi connectivity index (χ1v) is 12.9. The lowest BCUT2D eigenvalue weighted by Crippen LogP contribution is -2.48. The largest absolute Gasteiger partial charge is 0.368 e. The van der Waals surface area contributed by atoms with E-state index >= 15 is 0 Å². The summed E-state index contributed by atoms with van der Waals surface area (Å²) in [6.07, 6.45) is 1.76. The van der Waals surface area contributed by atoms with Crippen molar-refractivity contribution in [3.63, 3.8) is 0 Å². The molecule has 4 aromatic rings. The van der Waals surface area contributed by atoms with Crippen LogP contribution in [-0.2, 0) is 6.54 Å². The number of rotatable bonds is 6. The zero-order valence-corrected chi connectivity index (χ0v) is 21.4. The number of hydrogen-bond donors (Lipinski definition) is 1. The minimum Gasteiger partial charge on any atom is -0.368 e. The van der Waals surface area contributed by atoms with Crippen LogP contribution in [0, 0.1) is 6.92 Å². The van der Waals surface area contributed by atoms with Gasteiger partial charge in [0.25, 0.3) is 11.8 Å². The minimum atomic E-state index is -0.0728. The maximum absolute atomic E-state index is 13.4. The fraction of sp³-hybridized carbons (Fsp3) is 0.222. The molecule has 1 aliphatic rings. The van der Waals surface area contributed by atoms with Crippen LogP contribution in [0.25, 0.3) is 0 Å². The Bertz CT molecular complexity index is 1340. The molecule has 0 spiro atoms. The summed E-state index contributed by atoms with van der Waals surface area (Å²) in [6.45, 7) is 5.06. The highest BCUT2D eigenvalue weighted by molar-refractivity contribution is 7.17. The van der Waals surface area contributed by atoms with Gasteiger partial charge in [-0.3, -0.25) is 9.59 Å². The van der Waals surface area contributed by atoms with Gasteiger partial charge in [0.05, 0.1) is 27.6 Å². The highest BCUT2D eigenvalue weighted by atomic mass is 35.5. The molecule has 184 valence electrons. The second-order valence-electron chi connectivity index (χ2n) is 8.65. The highest BCUT2D eigenvalue weighted by Gasteiger charge is 2.24. The third kappa shape index (κ3) is 5.29. The molecule has 0 unspecified atom stereocenters. The molecule has 5 rings (SSSR count). The molecule has 0 saturated carbocycles. The topological polar surface area (TPSA) is 72.5 Å². The molecule has 0 atom stereocenters. The molecule has 36 heavy (non-hydrogen) atoms. The zero-order valence-electron chi connectivity index (χ0n) is 19.9. The summed E-state index contributed by atoms with van der Waals surface area (Å²) >= 11 is 7.31. The summed E-state index contributed by atoms with van der Waals surface area (Å²) in [6, 6.07) is 20.9. The number of benzene rings is 2. The van der Waals surface area contributed by atoms with E-state index in [0.717, 1.165) is 36.0 Å². The van der Waals surface area contributed by atoms with Gasteiger partial charge in [-0.25, -0.2) is 4.98 Å². The Morgan fingerprint density at radius 2 is 1.72 bits per heavy atom. The molecule has 3 heterocycles. The normalized spacial score (nSPS) is 13.6. The van der Waals surface area contributed by atoms with Crippen LogP contribution in [0.15, 0.2) is 72.9 Å². The monoisotopic (exact) mass is 519 g/mol. The van der Waals surface area contributed by atoms with E-state index in [2.05, 4.69) is 14.9 Å². The van der Waals surface area contributed by atoms with Gasteiger partial charge in [-0.05, 0) is 55.5 Å². The Morgan fingerprint density at radius 3 is 2.33 bits per heavy atom. The first kappa shape index (κ1) is 24.1. The van der Waals surface area contributed by atoms with Crippen molar-refractivity contribution in [2.24, 2.45) is 0 Å². The van der Waals surface area contributed by atoms with Crippen molar-refractivity contribution in [3.05, 3.63) is 99.2 Å². The van der Waals surface area contributed by atoms with E-state index in [9.17, 15) is 9.59 Å². The van der Waals surface area contributed by atoms with Gasteiger partial charge >= 0.3 is 0 Å². The van der Waals surface area contributed by atoms with Crippen LogP contribution < -0.4 is 9.80 Å². The Morgan fingerprint density at radius 1 is 1.00 bits per heavy atom. The number of aryl methyl sites for hydroxylation is 1. The number of anilines is 2. The van der Waals surface area contributed by atoms with Crippen LogP contribution in [0.2, 0.25) is 4.34 Å². The SMILES string of the molecule is Cc1ncc(CN(C(=O)c2ccccc2)c2ccc(N3CCN(C(=O)c4ccc(Cl)s4)CC3)cc2)[nH]1. The third-order valence-corrected chi connectivity index (χ3v) is 7.45. The zero-order chi connectivity index (χ0) is 25.1. The summed E-state index contributed by atoms with van der Waals surface area (Å²) < 4.78 is 0.625. The Balaban J connectivity index is 1.29. The number of amides is 2. The molecule has 0 radical (unpaired) electrons. The maximum atomic E-state index is 13.4. The molecule has 1 fully saturated rings. The van der Waals surface area contributed by atoms with Gasteiger partial charge in [-0.2, -0.15) is 0 Å². The first-order valence-electron chi connectivity index (χ1n) is 11.7. The number of carbonyl (C=O) groups is 2. The molecule has 2 aromatic carbocycles. The van der Waals surface area contributed by atoms with Gasteiger partial charge < -0.3 is 19.7 Å². The number of piperazine rings is 1. The van der Waals surface area contributed by atoms with Gasteiger partial charge in [-0.1, -0.05) is 29.8 Å². The predicted molar refractivity (Wildman–Crippen MR) is 144 cm³/mol. The van der Waals surface area contributed by atoms with Crippen molar-refractivity contribution in [2.75, 3.05) is 36.0 Å². The molecular formula is C27H26ClN5O2S. The van der Waals surface area contributed by atoms with Gasteiger partial charge in [0.15, 0.2) is 0 Å². The minimum absolute atomic E-state index is 0.0333. The quantitative estimate of drug-likeness (QED) is 0.378. The van der Waals surface area contributed by atoms with Crippen LogP contribution in [-0.4, -0.2) is 52.9 Å². The summed E-state index contributed by atoms with van der Waals surface area (Å²) in [5.41, 5.74) is 3.37. The standard InChI is InChI=1S/C27H26ClN5O2S/c1-19-29-17-21(30-19)18-33(26(34)20-5-3-2-4-6-20)23-9-7-22(8-10-23)31-13-15-32(16-14-31)27(35)24-11-12-25(28)36-24/h2-12,17H,13-16,18H2,1H3,(H,29,30). The van der Waals surface area contributed by atoms with Crippen LogP contribution in [0.4, 0.5) is 11.4 Å². The molecule has 9 heteroatoms. The van der Waals surface area contributed by atoms with Crippen molar-refractivity contribution in [3.8, 4) is 0 Å². The maximum Gasteiger partial charge on any atom is 0.264 e. The predicted octanol–water partition coefficient (Wildman–Crippen LogP) is 5.24. The fourth-order valence-corrected chi connectivity index (χ4v) is 5.35. The number of hydrogen-bond acceptors (Lipinski definition) is 5. The lowest BCUT2D eigenvalue weighted by molar-refractivity contribution is 0.0751. The summed E-state index contributed by atoms with van der Waals surface area (Å²) in [5.74, 6) is 0.773. The molecule has 0 bridgehead atoms. The summed E-state index contributed by atoms with van der Waals surface area (Å²) in [7, 11) is 0. The molecule has 2 aromatic heterocycles. The third-order valence-electron chi connectivity index (χ3n) is 6.23. The summed E-state index contributed by atoms with van der Waals surface area (Å²) in [4.78, 5) is 40.2. The van der Waals surface area contributed by atoms with Crippen molar-refractivity contribution < 1.29 is 9.59 Å². The second kappa shape index (κ2) is 10.6. The number of H-pyrrole nitrogens is 1. The summed E-state index contributed by atoms with van der Waals surface area (Å²) in [5, 5.41) is 0. The average molecular weight is 520 g/mol. The lowest BCUT2D eigenvalue weighted by atomic mass is 10.1. The number of aromatic amines is 1. The first-order chi connectivity index (χ1) is 17.5. The Labute approximate surface area is 218 Å². The van der Waals surface area contributed by atoms with E-state index in [0.29, 0.717) is 34.4 Å². The fourth-order valence-electron chi connectivity index (χ4n) is 4.34. The van der Waals surface area contributed by atoms with Crippen LogP contribution in [0.5, 0.6) is 0 Å². The van der Waals surface area contributed by atoms with E-state index in [1.54, 1.807) is 23.2 Å². The lowest BCUT2D eigenvalue weighted by Gasteiger charge is -2.36.